The fourth-order valence-electron chi connectivity index (χ4n) is 2.37. The molecule has 1 fully saturated rings. The molecular formula is C16H19N. The summed E-state index contributed by atoms with van der Waals surface area (Å²) in [5.41, 5.74) is 4.16. The summed E-state index contributed by atoms with van der Waals surface area (Å²) in [6, 6.07) is 9.99. The molecule has 1 aromatic rings. The summed E-state index contributed by atoms with van der Waals surface area (Å²) in [6.07, 6.45) is 3.17. The lowest BCUT2D eigenvalue weighted by atomic mass is 9.94. The fourth-order valence-corrected chi connectivity index (χ4v) is 2.37. The molecule has 1 saturated carbocycles. The van der Waals surface area contributed by atoms with Crippen LogP contribution in [0.25, 0.3) is 0 Å². The second-order valence-corrected chi connectivity index (χ2v) is 4.90. The fraction of sp³-hybridized carbons (Fsp3) is 0.312. The van der Waals surface area contributed by atoms with Gasteiger partial charge in [-0.15, -0.1) is 6.58 Å². The molecule has 0 amide bonds. The van der Waals surface area contributed by atoms with Crippen molar-refractivity contribution < 1.29 is 0 Å². The Labute approximate surface area is 103 Å². The predicted molar refractivity (Wildman–Crippen MR) is 73.4 cm³/mol. The van der Waals surface area contributed by atoms with Gasteiger partial charge in [0.15, 0.2) is 0 Å². The monoisotopic (exact) mass is 225 g/mol. The quantitative estimate of drug-likeness (QED) is 0.586. The third-order valence-corrected chi connectivity index (χ3v) is 3.38. The first-order valence-electron chi connectivity index (χ1n) is 6.09. The van der Waals surface area contributed by atoms with E-state index < -0.39 is 0 Å². The molecule has 0 bridgehead atoms. The highest BCUT2D eigenvalue weighted by Gasteiger charge is 2.39. The smallest absolute Gasteiger partial charge is 0.0646 e. The van der Waals surface area contributed by atoms with E-state index >= 15 is 0 Å². The Balaban J connectivity index is 2.28. The minimum Gasteiger partial charge on any atom is -0.300 e. The summed E-state index contributed by atoms with van der Waals surface area (Å²) in [4.78, 5) is 0. The molecule has 0 aliphatic heterocycles. The van der Waals surface area contributed by atoms with Gasteiger partial charge in [-0.25, -0.2) is 0 Å². The van der Waals surface area contributed by atoms with Crippen LogP contribution in [0.1, 0.15) is 25.8 Å². The van der Waals surface area contributed by atoms with Gasteiger partial charge in [0.1, 0.15) is 0 Å². The molecule has 0 spiro atoms. The van der Waals surface area contributed by atoms with Gasteiger partial charge in [-0.2, -0.15) is 0 Å². The second kappa shape index (κ2) is 4.70. The summed E-state index contributed by atoms with van der Waals surface area (Å²) in [7, 11) is 0. The van der Waals surface area contributed by atoms with E-state index in [0.717, 1.165) is 12.0 Å². The zero-order chi connectivity index (χ0) is 12.4. The maximum Gasteiger partial charge on any atom is 0.0646 e. The van der Waals surface area contributed by atoms with Gasteiger partial charge in [-0.05, 0) is 43.2 Å². The third kappa shape index (κ3) is 2.38. The van der Waals surface area contributed by atoms with E-state index in [9.17, 15) is 0 Å². The van der Waals surface area contributed by atoms with Crippen molar-refractivity contribution in [2.45, 2.75) is 20.3 Å². The largest absolute Gasteiger partial charge is 0.300 e. The zero-order valence-corrected chi connectivity index (χ0v) is 10.5. The van der Waals surface area contributed by atoms with Crippen LogP contribution in [0.5, 0.6) is 0 Å². The van der Waals surface area contributed by atoms with Gasteiger partial charge in [0.25, 0.3) is 0 Å². The van der Waals surface area contributed by atoms with Crippen molar-refractivity contribution in [2.24, 2.45) is 11.8 Å². The van der Waals surface area contributed by atoms with Crippen molar-refractivity contribution in [3.63, 3.8) is 0 Å². The molecular weight excluding hydrogens is 206 g/mol. The average Bonchev–Trinajstić information content (AvgIpc) is 3.09. The first kappa shape index (κ1) is 11.8. The molecule has 0 saturated heterocycles. The maximum atomic E-state index is 8.36. The Bertz CT molecular complexity index is 464. The van der Waals surface area contributed by atoms with E-state index in [1.54, 1.807) is 0 Å². The second-order valence-electron chi connectivity index (χ2n) is 4.90. The first-order valence-corrected chi connectivity index (χ1v) is 6.09. The van der Waals surface area contributed by atoms with Crippen molar-refractivity contribution >= 4 is 5.71 Å². The van der Waals surface area contributed by atoms with E-state index in [-0.39, 0.29) is 0 Å². The Morgan fingerprint density at radius 2 is 1.94 bits per heavy atom. The van der Waals surface area contributed by atoms with Crippen LogP contribution >= 0.6 is 0 Å². The van der Waals surface area contributed by atoms with E-state index in [2.05, 4.69) is 20.4 Å². The van der Waals surface area contributed by atoms with Gasteiger partial charge in [0, 0.05) is 0 Å². The molecule has 17 heavy (non-hydrogen) atoms. The van der Waals surface area contributed by atoms with E-state index in [1.165, 1.54) is 11.1 Å². The van der Waals surface area contributed by atoms with Crippen LogP contribution in [0, 0.1) is 17.2 Å². The molecule has 0 heterocycles. The normalized spacial score (nSPS) is 21.8. The minimum atomic E-state index is 0.519. The standard InChI is InChI=1S/C16H19N/c1-4-12-10-14(12)15(11(2)3)16(17)13-8-6-5-7-9-13/h4-9,12,14,17H,1,10H2,2-3H3. The summed E-state index contributed by atoms with van der Waals surface area (Å²) >= 11 is 0. The highest BCUT2D eigenvalue weighted by atomic mass is 14.5. The number of hydrogen-bond donors (Lipinski definition) is 1. The molecule has 0 aromatic heterocycles. The van der Waals surface area contributed by atoms with Crippen LogP contribution in [0.15, 0.2) is 54.1 Å². The van der Waals surface area contributed by atoms with Gasteiger partial charge in [0.2, 0.25) is 0 Å². The molecule has 1 aliphatic rings. The van der Waals surface area contributed by atoms with Crippen molar-refractivity contribution in [2.75, 3.05) is 0 Å². The highest BCUT2D eigenvalue weighted by molar-refractivity contribution is 6.11. The highest BCUT2D eigenvalue weighted by Crippen LogP contribution is 2.46. The molecule has 1 nitrogen and oxygen atoms in total. The summed E-state index contributed by atoms with van der Waals surface area (Å²) in [5.74, 6) is 1.09. The first-order chi connectivity index (χ1) is 8.15. The third-order valence-electron chi connectivity index (χ3n) is 3.38. The molecule has 1 aliphatic carbocycles. The SMILES string of the molecule is C=CC1CC1C(C(=N)c1ccccc1)=C(C)C. The molecule has 1 N–H and O–H groups in total. The van der Waals surface area contributed by atoms with Crippen LogP contribution in [0.3, 0.4) is 0 Å². The number of rotatable bonds is 4. The van der Waals surface area contributed by atoms with Gasteiger partial charge in [-0.3, -0.25) is 5.41 Å². The van der Waals surface area contributed by atoms with Gasteiger partial charge < -0.3 is 0 Å². The predicted octanol–water partition coefficient (Wildman–Crippen LogP) is 4.21. The molecule has 2 rings (SSSR count). The number of allylic oxidation sites excluding steroid dienone is 3. The molecule has 0 radical (unpaired) electrons. The van der Waals surface area contributed by atoms with Gasteiger partial charge in [-0.1, -0.05) is 42.0 Å². The molecule has 2 atom stereocenters. The number of benzene rings is 1. The van der Waals surface area contributed by atoms with Crippen molar-refractivity contribution in [3.05, 3.63) is 59.7 Å². The van der Waals surface area contributed by atoms with Crippen LogP contribution in [0.2, 0.25) is 0 Å². The molecule has 2 unspecified atom stereocenters. The van der Waals surface area contributed by atoms with Crippen LogP contribution in [-0.4, -0.2) is 5.71 Å². The topological polar surface area (TPSA) is 23.9 Å². The average molecular weight is 225 g/mol. The lowest BCUT2D eigenvalue weighted by molar-refractivity contribution is 0.946. The Morgan fingerprint density at radius 1 is 1.29 bits per heavy atom. The Hall–Kier alpha value is -1.63. The van der Waals surface area contributed by atoms with Crippen molar-refractivity contribution in [1.29, 1.82) is 5.41 Å². The molecule has 88 valence electrons. The Kier molecular flexibility index (Phi) is 3.28. The van der Waals surface area contributed by atoms with E-state index in [4.69, 9.17) is 5.41 Å². The lowest BCUT2D eigenvalue weighted by Gasteiger charge is -2.11. The van der Waals surface area contributed by atoms with Gasteiger partial charge in [0.05, 0.1) is 5.71 Å². The van der Waals surface area contributed by atoms with Crippen molar-refractivity contribution in [1.82, 2.24) is 0 Å². The zero-order valence-electron chi connectivity index (χ0n) is 10.5. The maximum absolute atomic E-state index is 8.36. The Morgan fingerprint density at radius 3 is 2.41 bits per heavy atom. The number of nitrogens with one attached hydrogen (secondary N) is 1. The lowest BCUT2D eigenvalue weighted by Crippen LogP contribution is -2.08. The molecule has 1 heteroatoms. The molecule has 1 aromatic carbocycles. The van der Waals surface area contributed by atoms with E-state index in [1.807, 2.05) is 36.4 Å². The van der Waals surface area contributed by atoms with Gasteiger partial charge >= 0.3 is 0 Å². The van der Waals surface area contributed by atoms with Crippen molar-refractivity contribution in [3.8, 4) is 0 Å². The summed E-state index contributed by atoms with van der Waals surface area (Å²) < 4.78 is 0. The number of hydrogen-bond acceptors (Lipinski definition) is 1. The van der Waals surface area contributed by atoms with E-state index in [0.29, 0.717) is 17.5 Å². The summed E-state index contributed by atoms with van der Waals surface area (Å²) in [6.45, 7) is 8.06. The summed E-state index contributed by atoms with van der Waals surface area (Å²) in [5, 5.41) is 8.36. The minimum absolute atomic E-state index is 0.519. The van der Waals surface area contributed by atoms with Crippen LogP contribution in [0.4, 0.5) is 0 Å². The van der Waals surface area contributed by atoms with Crippen LogP contribution in [-0.2, 0) is 0 Å². The van der Waals surface area contributed by atoms with Crippen LogP contribution < -0.4 is 0 Å².